The van der Waals surface area contributed by atoms with Crippen molar-refractivity contribution in [1.29, 1.82) is 0 Å². The number of β-amino-alcohol motifs (C(OH)–C–C–N with tert-alkyl or cyclic N) is 2. The van der Waals surface area contributed by atoms with Gasteiger partial charge in [-0.15, -0.1) is 0 Å². The highest BCUT2D eigenvalue weighted by Crippen LogP contribution is 2.33. The largest absolute Gasteiger partial charge is 0.491 e. The van der Waals surface area contributed by atoms with Crippen LogP contribution in [0.25, 0.3) is 0 Å². The van der Waals surface area contributed by atoms with E-state index in [-0.39, 0.29) is 33.0 Å². The number of benzene rings is 2. The van der Waals surface area contributed by atoms with Gasteiger partial charge in [-0.25, -0.2) is 9.59 Å². The first-order chi connectivity index (χ1) is 20.2. The summed E-state index contributed by atoms with van der Waals surface area (Å²) in [7, 11) is 0. The Morgan fingerprint density at radius 2 is 1.00 bits per heavy atom. The molecule has 0 aliphatic carbocycles. The Labute approximate surface area is 251 Å². The molecular weight excluding hydrogens is 556 g/mol. The molecule has 4 rings (SSSR count). The molecule has 0 unspecified atom stereocenters. The Bertz CT molecular complexity index is 1290. The zero-order chi connectivity index (χ0) is 31.7. The Morgan fingerprint density at radius 1 is 0.651 bits per heavy atom. The Kier molecular flexibility index (Phi) is 9.02. The topological polar surface area (TPSA) is 140 Å². The summed E-state index contributed by atoms with van der Waals surface area (Å²) >= 11 is 0. The number of carbonyl (C=O) groups is 4. The van der Waals surface area contributed by atoms with Crippen LogP contribution in [0.2, 0.25) is 0 Å². The molecule has 0 saturated carbocycles. The molecule has 2 saturated heterocycles. The van der Waals surface area contributed by atoms with Crippen LogP contribution in [-0.2, 0) is 9.59 Å². The minimum atomic E-state index is -1.36. The van der Waals surface area contributed by atoms with Gasteiger partial charge >= 0.3 is 12.1 Å². The van der Waals surface area contributed by atoms with Crippen molar-refractivity contribution in [2.75, 3.05) is 33.0 Å². The predicted octanol–water partition coefficient (Wildman–Crippen LogP) is 2.53. The number of rotatable bonds is 12. The van der Waals surface area contributed by atoms with Gasteiger partial charge in [0.25, 0.3) is 11.8 Å². The van der Waals surface area contributed by atoms with Crippen molar-refractivity contribution in [3.05, 3.63) is 59.7 Å². The Balaban J connectivity index is 1.41. The maximum Gasteiger partial charge on any atom is 0.329 e. The first-order valence-corrected chi connectivity index (χ1v) is 14.2. The number of imide groups is 2. The van der Waals surface area contributed by atoms with Gasteiger partial charge in [-0.1, -0.05) is 36.4 Å². The van der Waals surface area contributed by atoms with Crippen LogP contribution in [0, 0.1) is 13.8 Å². The standard InChI is InChI=1S/C31H40N4O8/c1-20-11-7-9-13-24(20)42-17-22(36)15-32-26(38)30(3,4)34(28(32)40)19-35-29(41)33(27(39)31(35,5)6)16-23(37)18-43-25-14-10-8-12-21(25)2/h7-14,22-23,36-37H,15-19H2,1-6H3/t22-,23-/m0/s1. The second kappa shape index (κ2) is 12.2. The van der Waals surface area contributed by atoms with E-state index in [1.54, 1.807) is 52.0 Å². The quantitative estimate of drug-likeness (QED) is 0.357. The third kappa shape index (κ3) is 6.30. The number of urea groups is 2. The number of amides is 6. The smallest absolute Gasteiger partial charge is 0.329 e. The highest BCUT2D eigenvalue weighted by Gasteiger charge is 2.57. The van der Waals surface area contributed by atoms with Crippen LogP contribution in [0.1, 0.15) is 38.8 Å². The Morgan fingerprint density at radius 3 is 1.35 bits per heavy atom. The van der Waals surface area contributed by atoms with Crippen LogP contribution in [0.4, 0.5) is 9.59 Å². The molecule has 2 atom stereocenters. The van der Waals surface area contributed by atoms with Crippen LogP contribution in [0.3, 0.4) is 0 Å². The van der Waals surface area contributed by atoms with Gasteiger partial charge in [0.1, 0.15) is 54.7 Å². The molecule has 2 N–H and O–H groups in total. The van der Waals surface area contributed by atoms with Gasteiger partial charge < -0.3 is 19.7 Å². The average molecular weight is 597 g/mol. The van der Waals surface area contributed by atoms with E-state index in [1.165, 1.54) is 9.80 Å². The molecule has 2 heterocycles. The number of aliphatic hydroxyl groups excluding tert-OH is 2. The summed E-state index contributed by atoms with van der Waals surface area (Å²) in [6.07, 6.45) is -2.32. The Hall–Kier alpha value is -4.16. The molecule has 0 aromatic heterocycles. The van der Waals surface area contributed by atoms with Gasteiger partial charge in [-0.3, -0.25) is 29.2 Å². The first kappa shape index (κ1) is 31.8. The van der Waals surface area contributed by atoms with Crippen molar-refractivity contribution < 1.29 is 38.9 Å². The van der Waals surface area contributed by atoms with Gasteiger partial charge in [-0.05, 0) is 64.8 Å². The predicted molar refractivity (Wildman–Crippen MR) is 156 cm³/mol. The second-order valence-corrected chi connectivity index (χ2v) is 12.0. The molecule has 2 aliphatic rings. The zero-order valence-corrected chi connectivity index (χ0v) is 25.4. The maximum atomic E-state index is 13.5. The van der Waals surface area contributed by atoms with Crippen LogP contribution >= 0.6 is 0 Å². The van der Waals surface area contributed by atoms with Gasteiger partial charge in [0.2, 0.25) is 0 Å². The third-order valence-corrected chi connectivity index (χ3v) is 7.93. The minimum absolute atomic E-state index is 0.140. The fourth-order valence-electron chi connectivity index (χ4n) is 5.11. The lowest BCUT2D eigenvalue weighted by Crippen LogP contribution is -2.55. The molecule has 2 fully saturated rings. The fraction of sp³-hybridized carbons (Fsp3) is 0.484. The number of carbonyl (C=O) groups excluding carboxylic acids is 4. The molecule has 0 radical (unpaired) electrons. The highest BCUT2D eigenvalue weighted by atomic mass is 16.5. The van der Waals surface area contributed by atoms with E-state index in [4.69, 9.17) is 9.47 Å². The molecule has 2 aromatic rings. The molecule has 0 bridgehead atoms. The van der Waals surface area contributed by atoms with Crippen molar-refractivity contribution in [3.63, 3.8) is 0 Å². The molecule has 2 aliphatic heterocycles. The van der Waals surface area contributed by atoms with Crippen LogP contribution in [-0.4, -0.2) is 110 Å². The lowest BCUT2D eigenvalue weighted by Gasteiger charge is -2.36. The van der Waals surface area contributed by atoms with Crippen molar-refractivity contribution >= 4 is 23.9 Å². The number of nitrogens with zero attached hydrogens (tertiary/aromatic N) is 4. The molecule has 12 nitrogen and oxygen atoms in total. The molecule has 12 heteroatoms. The molecule has 0 spiro atoms. The second-order valence-electron chi connectivity index (χ2n) is 12.0. The lowest BCUT2D eigenvalue weighted by molar-refractivity contribution is -0.134. The van der Waals surface area contributed by atoms with E-state index >= 15 is 0 Å². The van der Waals surface area contributed by atoms with Gasteiger partial charge in [0.15, 0.2) is 0 Å². The minimum Gasteiger partial charge on any atom is -0.491 e. The summed E-state index contributed by atoms with van der Waals surface area (Å²) in [5.41, 5.74) is -0.964. The SMILES string of the molecule is Cc1ccccc1OC[C@@H](O)CN1C(=O)N(CN2C(=O)N(C[C@H](O)COc3ccccc3C)C(=O)C2(C)C)C(C)(C)C1=O. The molecule has 232 valence electrons. The number of hydrogen-bond donors (Lipinski definition) is 2. The summed E-state index contributed by atoms with van der Waals surface area (Å²) in [4.78, 5) is 57.8. The fourth-order valence-corrected chi connectivity index (χ4v) is 5.11. The normalized spacial score (nSPS) is 19.3. The number of aliphatic hydroxyl groups is 2. The van der Waals surface area contributed by atoms with Gasteiger partial charge in [0, 0.05) is 0 Å². The third-order valence-electron chi connectivity index (χ3n) is 7.93. The number of ether oxygens (including phenoxy) is 2. The van der Waals surface area contributed by atoms with E-state index in [0.29, 0.717) is 11.5 Å². The van der Waals surface area contributed by atoms with Gasteiger partial charge in [0.05, 0.1) is 13.1 Å². The van der Waals surface area contributed by atoms with Crippen LogP contribution < -0.4 is 9.47 Å². The van der Waals surface area contributed by atoms with E-state index in [9.17, 15) is 29.4 Å². The number of hydrogen-bond acceptors (Lipinski definition) is 8. The van der Waals surface area contributed by atoms with Crippen LogP contribution in [0.15, 0.2) is 48.5 Å². The van der Waals surface area contributed by atoms with E-state index in [0.717, 1.165) is 20.9 Å². The van der Waals surface area contributed by atoms with E-state index in [2.05, 4.69) is 0 Å². The summed E-state index contributed by atoms with van der Waals surface area (Å²) in [5.74, 6) is 0.0598. The van der Waals surface area contributed by atoms with Crippen molar-refractivity contribution in [2.24, 2.45) is 0 Å². The molecule has 2 aromatic carbocycles. The van der Waals surface area contributed by atoms with Crippen molar-refractivity contribution in [2.45, 2.75) is 64.8 Å². The van der Waals surface area contributed by atoms with Gasteiger partial charge in [-0.2, -0.15) is 0 Å². The summed E-state index contributed by atoms with van der Waals surface area (Å²) in [5, 5.41) is 21.2. The van der Waals surface area contributed by atoms with E-state index in [1.807, 2.05) is 38.1 Å². The lowest BCUT2D eigenvalue weighted by atomic mass is 10.0. The summed E-state index contributed by atoms with van der Waals surface area (Å²) < 4.78 is 11.3. The zero-order valence-electron chi connectivity index (χ0n) is 25.4. The monoisotopic (exact) mass is 596 g/mol. The van der Waals surface area contributed by atoms with Crippen LogP contribution in [0.5, 0.6) is 11.5 Å². The molecular formula is C31H40N4O8. The van der Waals surface area contributed by atoms with Crippen molar-refractivity contribution in [1.82, 2.24) is 19.6 Å². The summed E-state index contributed by atoms with van der Waals surface area (Å²) in [6.45, 7) is 8.66. The summed E-state index contributed by atoms with van der Waals surface area (Å²) in [6, 6.07) is 13.2. The maximum absolute atomic E-state index is 13.5. The molecule has 6 amide bonds. The number of para-hydroxylation sites is 2. The highest BCUT2D eigenvalue weighted by molar-refractivity contribution is 6.08. The van der Waals surface area contributed by atoms with Crippen molar-refractivity contribution in [3.8, 4) is 11.5 Å². The first-order valence-electron chi connectivity index (χ1n) is 14.2. The number of aryl methyl sites for hydroxylation is 2. The average Bonchev–Trinajstić information content (AvgIpc) is 3.21. The van der Waals surface area contributed by atoms with E-state index < -0.39 is 47.2 Å². The molecule has 43 heavy (non-hydrogen) atoms.